The maximum atomic E-state index is 13.5. The molecule has 0 atom stereocenters. The number of hydrogen-bond acceptors (Lipinski definition) is 5. The van der Waals surface area contributed by atoms with Crippen LogP contribution in [0.15, 0.2) is 53.5 Å². The van der Waals surface area contributed by atoms with Crippen molar-refractivity contribution in [3.63, 3.8) is 0 Å². The van der Waals surface area contributed by atoms with Gasteiger partial charge in [-0.25, -0.2) is 4.99 Å². The second kappa shape index (κ2) is 7.95. The second-order valence-corrected chi connectivity index (χ2v) is 7.46. The fourth-order valence-corrected chi connectivity index (χ4v) is 4.06. The van der Waals surface area contributed by atoms with Gasteiger partial charge in [-0.2, -0.15) is 5.26 Å². The summed E-state index contributed by atoms with van der Waals surface area (Å²) in [5, 5.41) is 12.4. The molecule has 5 heteroatoms. The number of hydrogen-bond donors (Lipinski definition) is 1. The van der Waals surface area contributed by atoms with Gasteiger partial charge < -0.3 is 10.1 Å². The summed E-state index contributed by atoms with van der Waals surface area (Å²) in [4.78, 5) is 17.8. The predicted octanol–water partition coefficient (Wildman–Crippen LogP) is 3.13. The minimum Gasteiger partial charge on any atom is -0.476 e. The lowest BCUT2D eigenvalue weighted by atomic mass is 9.69. The first kappa shape index (κ1) is 18.4. The van der Waals surface area contributed by atoms with Crippen LogP contribution in [0, 0.1) is 16.7 Å². The van der Waals surface area contributed by atoms with Crippen LogP contribution in [0.3, 0.4) is 0 Å². The summed E-state index contributed by atoms with van der Waals surface area (Å²) >= 11 is 0. The van der Waals surface area contributed by atoms with E-state index in [2.05, 4.69) is 28.5 Å². The smallest absolute Gasteiger partial charge is 0.216 e. The van der Waals surface area contributed by atoms with E-state index in [0.717, 1.165) is 37.1 Å². The van der Waals surface area contributed by atoms with Crippen LogP contribution in [-0.4, -0.2) is 37.9 Å². The molecule has 4 rings (SSSR count). The highest BCUT2D eigenvalue weighted by atomic mass is 16.5. The Balaban J connectivity index is 1.58. The van der Waals surface area contributed by atoms with E-state index in [9.17, 15) is 4.79 Å². The minimum absolute atomic E-state index is 0.172. The molecule has 0 aliphatic carbocycles. The van der Waals surface area contributed by atoms with Crippen molar-refractivity contribution in [3.8, 4) is 6.07 Å². The van der Waals surface area contributed by atoms with Gasteiger partial charge in [0.25, 0.3) is 0 Å². The van der Waals surface area contributed by atoms with Crippen LogP contribution in [-0.2, 0) is 11.2 Å². The maximum absolute atomic E-state index is 13.5. The zero-order chi connectivity index (χ0) is 19.4. The maximum Gasteiger partial charge on any atom is 0.216 e. The number of rotatable bonds is 5. The summed E-state index contributed by atoms with van der Waals surface area (Å²) in [6, 6.07) is 17.3. The molecule has 2 aliphatic heterocycles. The Hall–Kier alpha value is -2.97. The highest BCUT2D eigenvalue weighted by molar-refractivity contribution is 6.01. The third-order valence-electron chi connectivity index (χ3n) is 5.65. The van der Waals surface area contributed by atoms with E-state index in [1.54, 1.807) is 24.3 Å². The van der Waals surface area contributed by atoms with Crippen LogP contribution < -0.4 is 5.32 Å². The predicted molar refractivity (Wildman–Crippen MR) is 108 cm³/mol. The summed E-state index contributed by atoms with van der Waals surface area (Å²) in [7, 11) is 0. The summed E-state index contributed by atoms with van der Waals surface area (Å²) < 4.78 is 5.53. The van der Waals surface area contributed by atoms with Gasteiger partial charge in [0.05, 0.1) is 18.2 Å². The van der Waals surface area contributed by atoms with Crippen LogP contribution in [0.2, 0.25) is 0 Å². The van der Waals surface area contributed by atoms with E-state index in [4.69, 9.17) is 10.00 Å². The number of Topliss-reactive ketones (excluding diaryl/α,β-unsaturated/α-hetero) is 1. The first-order valence-corrected chi connectivity index (χ1v) is 9.72. The van der Waals surface area contributed by atoms with E-state index in [1.807, 2.05) is 12.1 Å². The van der Waals surface area contributed by atoms with Crippen molar-refractivity contribution in [2.45, 2.75) is 19.3 Å². The third-order valence-corrected chi connectivity index (χ3v) is 5.65. The third kappa shape index (κ3) is 3.69. The largest absolute Gasteiger partial charge is 0.476 e. The van der Waals surface area contributed by atoms with Gasteiger partial charge >= 0.3 is 0 Å². The topological polar surface area (TPSA) is 74.5 Å². The molecule has 5 nitrogen and oxygen atoms in total. The number of piperidine rings is 1. The molecule has 2 aliphatic rings. The molecule has 2 aromatic carbocycles. The standard InChI is InChI=1S/C23H23N3O2/c24-16-18-3-5-19(6-4-18)21(27)23(9-11-25-12-10-23)15-17-1-7-20(8-2-17)22-26-13-14-28-22/h1-8,25H,9-15H2. The normalized spacial score (nSPS) is 18.0. The molecule has 28 heavy (non-hydrogen) atoms. The molecule has 0 aromatic heterocycles. The van der Waals surface area contributed by atoms with E-state index in [1.165, 1.54) is 0 Å². The number of ketones is 1. The molecular weight excluding hydrogens is 350 g/mol. The fraction of sp³-hybridized carbons (Fsp3) is 0.348. The Morgan fingerprint density at radius 3 is 2.43 bits per heavy atom. The lowest BCUT2D eigenvalue weighted by Crippen LogP contribution is -2.43. The number of benzene rings is 2. The van der Waals surface area contributed by atoms with Gasteiger partial charge in [0.15, 0.2) is 5.78 Å². The number of nitrogens with zero attached hydrogens (tertiary/aromatic N) is 2. The Morgan fingerprint density at radius 1 is 1.11 bits per heavy atom. The van der Waals surface area contributed by atoms with Gasteiger partial charge in [0, 0.05) is 16.5 Å². The first-order valence-electron chi connectivity index (χ1n) is 9.72. The first-order chi connectivity index (χ1) is 13.7. The number of nitriles is 1. The number of ether oxygens (including phenoxy) is 1. The van der Waals surface area contributed by atoms with Crippen LogP contribution in [0.25, 0.3) is 0 Å². The van der Waals surface area contributed by atoms with E-state index < -0.39 is 5.41 Å². The van der Waals surface area contributed by atoms with Crippen LogP contribution in [0.4, 0.5) is 0 Å². The zero-order valence-corrected chi connectivity index (χ0v) is 15.8. The average Bonchev–Trinajstić information content (AvgIpc) is 3.29. The molecule has 142 valence electrons. The van der Waals surface area contributed by atoms with Crippen molar-refractivity contribution in [1.29, 1.82) is 5.26 Å². The molecular formula is C23H23N3O2. The molecule has 2 aromatic rings. The van der Waals surface area contributed by atoms with Crippen LogP contribution in [0.5, 0.6) is 0 Å². The van der Waals surface area contributed by atoms with Gasteiger partial charge in [-0.1, -0.05) is 24.3 Å². The molecule has 1 fully saturated rings. The molecule has 2 heterocycles. The highest BCUT2D eigenvalue weighted by Crippen LogP contribution is 2.37. The fourth-order valence-electron chi connectivity index (χ4n) is 4.06. The monoisotopic (exact) mass is 373 g/mol. The van der Waals surface area contributed by atoms with Crippen molar-refractivity contribution in [2.24, 2.45) is 10.4 Å². The highest BCUT2D eigenvalue weighted by Gasteiger charge is 2.39. The van der Waals surface area contributed by atoms with Gasteiger partial charge in [0.2, 0.25) is 5.90 Å². The lowest BCUT2D eigenvalue weighted by molar-refractivity contribution is 0.0726. The summed E-state index contributed by atoms with van der Waals surface area (Å²) in [5.74, 6) is 0.878. The quantitative estimate of drug-likeness (QED) is 0.817. The lowest BCUT2D eigenvalue weighted by Gasteiger charge is -2.36. The molecule has 0 unspecified atom stereocenters. The van der Waals surface area contributed by atoms with E-state index >= 15 is 0 Å². The van der Waals surface area contributed by atoms with Crippen LogP contribution >= 0.6 is 0 Å². The molecule has 0 radical (unpaired) electrons. The van der Waals surface area contributed by atoms with Crippen molar-refractivity contribution in [1.82, 2.24) is 5.32 Å². The average molecular weight is 373 g/mol. The number of carbonyl (C=O) groups is 1. The van der Waals surface area contributed by atoms with Gasteiger partial charge in [-0.05, 0) is 62.2 Å². The van der Waals surface area contributed by atoms with Crippen molar-refractivity contribution in [3.05, 3.63) is 70.8 Å². The van der Waals surface area contributed by atoms with Gasteiger partial charge in [-0.15, -0.1) is 0 Å². The van der Waals surface area contributed by atoms with E-state index in [0.29, 0.717) is 36.6 Å². The number of carbonyl (C=O) groups excluding carboxylic acids is 1. The van der Waals surface area contributed by atoms with Gasteiger partial charge in [-0.3, -0.25) is 4.79 Å². The summed E-state index contributed by atoms with van der Waals surface area (Å²) in [5.41, 5.74) is 2.97. The molecule has 1 N–H and O–H groups in total. The molecule has 0 amide bonds. The Kier molecular flexibility index (Phi) is 5.23. The number of nitrogens with one attached hydrogen (secondary N) is 1. The Morgan fingerprint density at radius 2 is 1.82 bits per heavy atom. The Labute approximate surface area is 165 Å². The van der Waals surface area contributed by atoms with Crippen molar-refractivity contribution >= 4 is 11.7 Å². The summed E-state index contributed by atoms with van der Waals surface area (Å²) in [6.07, 6.45) is 2.33. The Bertz CT molecular complexity index is 918. The van der Waals surface area contributed by atoms with Crippen molar-refractivity contribution in [2.75, 3.05) is 26.2 Å². The SMILES string of the molecule is N#Cc1ccc(C(=O)C2(Cc3ccc(C4=NCCO4)cc3)CCNCC2)cc1. The van der Waals surface area contributed by atoms with Gasteiger partial charge in [0.1, 0.15) is 6.61 Å². The van der Waals surface area contributed by atoms with Crippen LogP contribution in [0.1, 0.15) is 39.9 Å². The minimum atomic E-state index is -0.414. The molecule has 0 saturated carbocycles. The number of aliphatic imine (C=N–C) groups is 1. The van der Waals surface area contributed by atoms with Crippen molar-refractivity contribution < 1.29 is 9.53 Å². The second-order valence-electron chi connectivity index (χ2n) is 7.46. The zero-order valence-electron chi connectivity index (χ0n) is 15.8. The van der Waals surface area contributed by atoms with E-state index in [-0.39, 0.29) is 5.78 Å². The summed E-state index contributed by atoms with van der Waals surface area (Å²) in [6.45, 7) is 3.04. The molecule has 1 saturated heterocycles. The molecule has 0 spiro atoms. The molecule has 0 bridgehead atoms.